The Morgan fingerprint density at radius 1 is 1.17 bits per heavy atom. The van der Waals surface area contributed by atoms with Gasteiger partial charge in [-0.15, -0.1) is 0 Å². The fraction of sp³-hybridized carbons (Fsp3) is 0.381. The predicted octanol–water partition coefficient (Wildman–Crippen LogP) is 3.06. The molecule has 8 heteroatoms. The van der Waals surface area contributed by atoms with Gasteiger partial charge in [0.05, 0.1) is 6.61 Å². The molecule has 1 heterocycles. The first-order chi connectivity index (χ1) is 13.9. The Balaban J connectivity index is 1.85. The van der Waals surface area contributed by atoms with Crippen molar-refractivity contribution in [1.29, 1.82) is 0 Å². The largest absolute Gasteiger partial charge is 0.492 e. The van der Waals surface area contributed by atoms with Gasteiger partial charge >= 0.3 is 0 Å². The van der Waals surface area contributed by atoms with Gasteiger partial charge in [-0.1, -0.05) is 32.0 Å². The predicted molar refractivity (Wildman–Crippen MR) is 111 cm³/mol. The van der Waals surface area contributed by atoms with E-state index in [-0.39, 0.29) is 16.6 Å². The third-order valence-electron chi connectivity index (χ3n) is 4.77. The third kappa shape index (κ3) is 4.38. The van der Waals surface area contributed by atoms with Gasteiger partial charge in [0.2, 0.25) is 10.0 Å². The molecule has 0 aliphatic carbocycles. The highest BCUT2D eigenvalue weighted by atomic mass is 32.2. The first-order valence-electron chi connectivity index (χ1n) is 9.73. The summed E-state index contributed by atoms with van der Waals surface area (Å²) in [5, 5.41) is 2.77. The summed E-state index contributed by atoms with van der Waals surface area (Å²) in [4.78, 5) is 12.7. The first kappa shape index (κ1) is 21.1. The van der Waals surface area contributed by atoms with E-state index < -0.39 is 16.1 Å². The molecular formula is C21H26N2O5S. The summed E-state index contributed by atoms with van der Waals surface area (Å²) in [6.45, 7) is 6.37. The minimum Gasteiger partial charge on any atom is -0.492 e. The number of ether oxygens (including phenoxy) is 2. The molecule has 0 bridgehead atoms. The quantitative estimate of drug-likeness (QED) is 0.712. The summed E-state index contributed by atoms with van der Waals surface area (Å²) in [5.41, 5.74) is 1.35. The van der Waals surface area contributed by atoms with Crippen LogP contribution in [0, 0.1) is 0 Å². The van der Waals surface area contributed by atoms with E-state index in [1.165, 1.54) is 10.4 Å². The lowest BCUT2D eigenvalue weighted by molar-refractivity contribution is -0.122. The molecule has 1 aliphatic heterocycles. The zero-order valence-electron chi connectivity index (χ0n) is 16.8. The molecule has 2 aromatic rings. The molecule has 1 N–H and O–H groups in total. The van der Waals surface area contributed by atoms with Crippen molar-refractivity contribution in [2.24, 2.45) is 0 Å². The molecule has 29 heavy (non-hydrogen) atoms. The van der Waals surface area contributed by atoms with Crippen LogP contribution < -0.4 is 14.8 Å². The second-order valence-corrected chi connectivity index (χ2v) is 8.50. The van der Waals surface area contributed by atoms with Crippen LogP contribution >= 0.6 is 0 Å². The maximum Gasteiger partial charge on any atom is 0.265 e. The van der Waals surface area contributed by atoms with Gasteiger partial charge < -0.3 is 14.8 Å². The summed E-state index contributed by atoms with van der Waals surface area (Å²) >= 11 is 0. The minimum atomic E-state index is -3.75. The highest BCUT2D eigenvalue weighted by molar-refractivity contribution is 7.89. The van der Waals surface area contributed by atoms with Crippen molar-refractivity contribution in [2.75, 3.05) is 25.0 Å². The second kappa shape index (κ2) is 8.84. The van der Waals surface area contributed by atoms with Crippen LogP contribution in [0.3, 0.4) is 0 Å². The Kier molecular flexibility index (Phi) is 6.44. The molecule has 0 saturated heterocycles. The number of benzene rings is 2. The highest BCUT2D eigenvalue weighted by Crippen LogP contribution is 2.31. The number of carbonyl (C=O) groups is 1. The molecule has 3 rings (SSSR count). The van der Waals surface area contributed by atoms with Crippen LogP contribution in [0.4, 0.5) is 5.69 Å². The number of hydrogen-bond acceptors (Lipinski definition) is 5. The maximum atomic E-state index is 13.0. The minimum absolute atomic E-state index is 0.0384. The fourth-order valence-electron chi connectivity index (χ4n) is 3.32. The molecule has 1 aliphatic rings. The van der Waals surface area contributed by atoms with Crippen molar-refractivity contribution >= 4 is 21.6 Å². The third-order valence-corrected chi connectivity index (χ3v) is 6.84. The topological polar surface area (TPSA) is 84.9 Å². The zero-order valence-corrected chi connectivity index (χ0v) is 17.7. The number of sulfonamides is 1. The van der Waals surface area contributed by atoms with Crippen LogP contribution in [-0.4, -0.2) is 44.4 Å². The molecule has 1 amide bonds. The Morgan fingerprint density at radius 2 is 1.90 bits per heavy atom. The molecule has 1 atom stereocenters. The molecule has 0 spiro atoms. The fourth-order valence-corrected chi connectivity index (χ4v) is 4.93. The number of anilines is 1. The van der Waals surface area contributed by atoms with E-state index in [9.17, 15) is 13.2 Å². The molecule has 7 nitrogen and oxygen atoms in total. The smallest absolute Gasteiger partial charge is 0.265 e. The standard InChI is InChI=1S/C21H26N2O5S/c1-4-23(5-2)29(25,26)20-14-16(11-12-18(20)27-6-3)22-21(24)19-13-15-9-7-8-10-17(15)28-19/h7-12,14,19H,4-6,13H2,1-3H3,(H,22,24). The second-order valence-electron chi connectivity index (χ2n) is 6.59. The van der Waals surface area contributed by atoms with Crippen molar-refractivity contribution in [1.82, 2.24) is 4.31 Å². The van der Waals surface area contributed by atoms with Gasteiger partial charge in [-0.05, 0) is 36.8 Å². The Labute approximate surface area is 171 Å². The van der Waals surface area contributed by atoms with Crippen molar-refractivity contribution < 1.29 is 22.7 Å². The lowest BCUT2D eigenvalue weighted by atomic mass is 10.1. The van der Waals surface area contributed by atoms with Gasteiger partial charge in [0.15, 0.2) is 6.10 Å². The molecule has 0 radical (unpaired) electrons. The zero-order chi connectivity index (χ0) is 21.0. The van der Waals surface area contributed by atoms with E-state index in [0.29, 0.717) is 37.6 Å². The van der Waals surface area contributed by atoms with Crippen molar-refractivity contribution in [3.8, 4) is 11.5 Å². The van der Waals surface area contributed by atoms with E-state index in [2.05, 4.69) is 5.32 Å². The van der Waals surface area contributed by atoms with Gasteiger partial charge in [0.1, 0.15) is 16.4 Å². The highest BCUT2D eigenvalue weighted by Gasteiger charge is 2.30. The van der Waals surface area contributed by atoms with E-state index >= 15 is 0 Å². The SMILES string of the molecule is CCOc1ccc(NC(=O)C2Cc3ccccc3O2)cc1S(=O)(=O)N(CC)CC. The van der Waals surface area contributed by atoms with Crippen molar-refractivity contribution in [2.45, 2.75) is 38.2 Å². The van der Waals surface area contributed by atoms with E-state index in [1.54, 1.807) is 32.9 Å². The van der Waals surface area contributed by atoms with Crippen molar-refractivity contribution in [3.63, 3.8) is 0 Å². The molecular weight excluding hydrogens is 392 g/mol. The Morgan fingerprint density at radius 3 is 2.55 bits per heavy atom. The van der Waals surface area contributed by atoms with Crippen molar-refractivity contribution in [3.05, 3.63) is 48.0 Å². The van der Waals surface area contributed by atoms with E-state index in [0.717, 1.165) is 5.56 Å². The summed E-state index contributed by atoms with van der Waals surface area (Å²) in [5.74, 6) is 0.641. The number of hydrogen-bond donors (Lipinski definition) is 1. The van der Waals surface area contributed by atoms with Gasteiger partial charge in [-0.2, -0.15) is 4.31 Å². The number of nitrogens with zero attached hydrogens (tertiary/aromatic N) is 1. The molecule has 1 unspecified atom stereocenters. The van der Waals surface area contributed by atoms with Gasteiger partial charge in [0.25, 0.3) is 5.91 Å². The van der Waals surface area contributed by atoms with E-state index in [1.807, 2.05) is 24.3 Å². The summed E-state index contributed by atoms with van der Waals surface area (Å²) in [6, 6.07) is 12.2. The van der Waals surface area contributed by atoms with Crippen LogP contribution in [0.2, 0.25) is 0 Å². The lowest BCUT2D eigenvalue weighted by Crippen LogP contribution is -2.32. The number of amides is 1. The summed E-state index contributed by atoms with van der Waals surface area (Å²) in [6.07, 6.45) is -0.175. The number of nitrogens with one attached hydrogen (secondary N) is 1. The number of para-hydroxylation sites is 1. The molecule has 2 aromatic carbocycles. The van der Waals surface area contributed by atoms with Crippen LogP contribution in [0.1, 0.15) is 26.3 Å². The Bertz CT molecular complexity index is 961. The van der Waals surface area contributed by atoms with Crippen LogP contribution in [0.25, 0.3) is 0 Å². The molecule has 0 fully saturated rings. The van der Waals surface area contributed by atoms with Crippen LogP contribution in [0.5, 0.6) is 11.5 Å². The van der Waals surface area contributed by atoms with E-state index in [4.69, 9.17) is 9.47 Å². The van der Waals surface area contributed by atoms with Crippen LogP contribution in [-0.2, 0) is 21.2 Å². The number of rotatable bonds is 8. The Hall–Kier alpha value is -2.58. The first-order valence-corrected chi connectivity index (χ1v) is 11.2. The number of carbonyl (C=O) groups excluding carboxylic acids is 1. The average Bonchev–Trinajstić information content (AvgIpc) is 3.14. The van der Waals surface area contributed by atoms with Gasteiger partial charge in [0, 0.05) is 25.2 Å². The average molecular weight is 419 g/mol. The summed E-state index contributed by atoms with van der Waals surface area (Å²) in [7, 11) is -3.75. The van der Waals surface area contributed by atoms with Gasteiger partial charge in [-0.25, -0.2) is 8.42 Å². The maximum absolute atomic E-state index is 13.0. The normalized spacial score (nSPS) is 15.7. The molecule has 0 saturated carbocycles. The van der Waals surface area contributed by atoms with Crippen LogP contribution in [0.15, 0.2) is 47.4 Å². The van der Waals surface area contributed by atoms with Gasteiger partial charge in [-0.3, -0.25) is 4.79 Å². The summed E-state index contributed by atoms with van der Waals surface area (Å²) < 4.78 is 38.7. The monoisotopic (exact) mass is 418 g/mol. The molecule has 156 valence electrons. The number of fused-ring (bicyclic) bond motifs is 1. The molecule has 0 aromatic heterocycles. The lowest BCUT2D eigenvalue weighted by Gasteiger charge is -2.21.